The van der Waals surface area contributed by atoms with Crippen LogP contribution in [0.2, 0.25) is 0 Å². The fourth-order valence-electron chi connectivity index (χ4n) is 2.28. The van der Waals surface area contributed by atoms with Crippen molar-refractivity contribution in [1.29, 1.82) is 0 Å². The summed E-state index contributed by atoms with van der Waals surface area (Å²) in [5, 5.41) is 3.48. The molecule has 0 aromatic heterocycles. The lowest BCUT2D eigenvalue weighted by Crippen LogP contribution is -2.29. The highest BCUT2D eigenvalue weighted by Crippen LogP contribution is 2.43. The third-order valence-electron chi connectivity index (χ3n) is 3.31. The zero-order valence-electron chi connectivity index (χ0n) is 7.47. The minimum atomic E-state index is 1.01. The SMILES string of the molecule is CC1CC1CC1CCCNC1. The van der Waals surface area contributed by atoms with Gasteiger partial charge in [-0.2, -0.15) is 0 Å². The van der Waals surface area contributed by atoms with E-state index in [1.54, 1.807) is 0 Å². The van der Waals surface area contributed by atoms with E-state index in [4.69, 9.17) is 0 Å². The lowest BCUT2D eigenvalue weighted by molar-refractivity contribution is 0.339. The lowest BCUT2D eigenvalue weighted by atomic mass is 9.93. The Morgan fingerprint density at radius 1 is 1.45 bits per heavy atom. The Morgan fingerprint density at radius 3 is 2.82 bits per heavy atom. The first-order valence-corrected chi connectivity index (χ1v) is 5.07. The van der Waals surface area contributed by atoms with Gasteiger partial charge in [0.05, 0.1) is 0 Å². The summed E-state index contributed by atoms with van der Waals surface area (Å²) >= 11 is 0. The van der Waals surface area contributed by atoms with E-state index in [0.717, 1.165) is 17.8 Å². The average Bonchev–Trinajstić information content (AvgIpc) is 2.69. The van der Waals surface area contributed by atoms with Crippen LogP contribution in [0.3, 0.4) is 0 Å². The van der Waals surface area contributed by atoms with Gasteiger partial charge in [-0.15, -0.1) is 0 Å². The molecular formula is C10H19N. The summed E-state index contributed by atoms with van der Waals surface area (Å²) in [5.74, 6) is 3.16. The average molecular weight is 153 g/mol. The quantitative estimate of drug-likeness (QED) is 0.640. The second-order valence-corrected chi connectivity index (χ2v) is 4.42. The van der Waals surface area contributed by atoms with Crippen molar-refractivity contribution in [2.24, 2.45) is 17.8 Å². The molecule has 64 valence electrons. The van der Waals surface area contributed by atoms with Gasteiger partial charge >= 0.3 is 0 Å². The van der Waals surface area contributed by atoms with Gasteiger partial charge in [0.15, 0.2) is 0 Å². The zero-order chi connectivity index (χ0) is 7.68. The van der Waals surface area contributed by atoms with Crippen LogP contribution in [-0.4, -0.2) is 13.1 Å². The van der Waals surface area contributed by atoms with Crippen molar-refractivity contribution in [2.75, 3.05) is 13.1 Å². The highest BCUT2D eigenvalue weighted by molar-refractivity contribution is 4.85. The van der Waals surface area contributed by atoms with Gasteiger partial charge in [-0.3, -0.25) is 0 Å². The maximum atomic E-state index is 3.48. The van der Waals surface area contributed by atoms with Crippen molar-refractivity contribution < 1.29 is 0 Å². The fraction of sp³-hybridized carbons (Fsp3) is 1.00. The van der Waals surface area contributed by atoms with E-state index in [1.807, 2.05) is 0 Å². The highest BCUT2D eigenvalue weighted by Gasteiger charge is 2.34. The summed E-state index contributed by atoms with van der Waals surface area (Å²) in [5.41, 5.74) is 0. The fourth-order valence-corrected chi connectivity index (χ4v) is 2.28. The van der Waals surface area contributed by atoms with Gasteiger partial charge in [0.2, 0.25) is 0 Å². The summed E-state index contributed by atoms with van der Waals surface area (Å²) in [6.45, 7) is 4.95. The van der Waals surface area contributed by atoms with E-state index < -0.39 is 0 Å². The van der Waals surface area contributed by atoms with E-state index in [9.17, 15) is 0 Å². The largest absolute Gasteiger partial charge is 0.316 e. The third kappa shape index (κ3) is 1.96. The van der Waals surface area contributed by atoms with Crippen molar-refractivity contribution in [3.05, 3.63) is 0 Å². The molecule has 1 aliphatic carbocycles. The summed E-state index contributed by atoms with van der Waals surface area (Å²) in [4.78, 5) is 0. The van der Waals surface area contributed by atoms with Gasteiger partial charge in [0, 0.05) is 0 Å². The molecule has 0 amide bonds. The molecule has 1 N–H and O–H groups in total. The highest BCUT2D eigenvalue weighted by atomic mass is 14.9. The standard InChI is InChI=1S/C10H19N/c1-8-5-10(8)6-9-3-2-4-11-7-9/h8-11H,2-7H2,1H3. The van der Waals surface area contributed by atoms with Crippen LogP contribution in [0, 0.1) is 17.8 Å². The van der Waals surface area contributed by atoms with Gasteiger partial charge in [0.1, 0.15) is 0 Å². The smallest absolute Gasteiger partial charge is 0.00204 e. The summed E-state index contributed by atoms with van der Waals surface area (Å²) in [6, 6.07) is 0. The molecule has 0 aromatic carbocycles. The van der Waals surface area contributed by atoms with Crippen LogP contribution in [0.1, 0.15) is 32.6 Å². The monoisotopic (exact) mass is 153 g/mol. The number of piperidine rings is 1. The van der Waals surface area contributed by atoms with Crippen molar-refractivity contribution in [3.63, 3.8) is 0 Å². The van der Waals surface area contributed by atoms with Gasteiger partial charge in [-0.1, -0.05) is 6.92 Å². The molecule has 0 radical (unpaired) electrons. The molecule has 1 heteroatoms. The Labute approximate surface area is 69.6 Å². The first kappa shape index (κ1) is 7.60. The second-order valence-electron chi connectivity index (χ2n) is 4.42. The van der Waals surface area contributed by atoms with Crippen LogP contribution >= 0.6 is 0 Å². The van der Waals surface area contributed by atoms with Crippen LogP contribution in [0.5, 0.6) is 0 Å². The van der Waals surface area contributed by atoms with Gasteiger partial charge in [0.25, 0.3) is 0 Å². The number of hydrogen-bond acceptors (Lipinski definition) is 1. The molecule has 1 saturated carbocycles. The van der Waals surface area contributed by atoms with E-state index >= 15 is 0 Å². The molecule has 2 aliphatic rings. The predicted molar refractivity (Wildman–Crippen MR) is 47.5 cm³/mol. The normalized spacial score (nSPS) is 43.9. The van der Waals surface area contributed by atoms with Crippen molar-refractivity contribution >= 4 is 0 Å². The Kier molecular flexibility index (Phi) is 2.17. The van der Waals surface area contributed by atoms with E-state index in [2.05, 4.69) is 12.2 Å². The molecule has 0 bridgehead atoms. The van der Waals surface area contributed by atoms with Gasteiger partial charge < -0.3 is 5.32 Å². The molecule has 0 aromatic rings. The predicted octanol–water partition coefficient (Wildman–Crippen LogP) is 2.03. The first-order chi connectivity index (χ1) is 5.36. The molecule has 2 fully saturated rings. The van der Waals surface area contributed by atoms with Crippen LogP contribution in [0.15, 0.2) is 0 Å². The molecule has 1 aliphatic heterocycles. The van der Waals surface area contributed by atoms with Crippen LogP contribution in [0.25, 0.3) is 0 Å². The van der Waals surface area contributed by atoms with E-state index in [-0.39, 0.29) is 0 Å². The Hall–Kier alpha value is -0.0400. The van der Waals surface area contributed by atoms with Crippen LogP contribution < -0.4 is 5.32 Å². The number of rotatable bonds is 2. The topological polar surface area (TPSA) is 12.0 Å². The number of hydrogen-bond donors (Lipinski definition) is 1. The maximum absolute atomic E-state index is 3.48. The second kappa shape index (κ2) is 3.14. The van der Waals surface area contributed by atoms with Crippen molar-refractivity contribution in [2.45, 2.75) is 32.6 Å². The van der Waals surface area contributed by atoms with Crippen LogP contribution in [0.4, 0.5) is 0 Å². The van der Waals surface area contributed by atoms with Crippen molar-refractivity contribution in [3.8, 4) is 0 Å². The summed E-state index contributed by atoms with van der Waals surface area (Å²) in [6.07, 6.45) is 5.91. The first-order valence-electron chi connectivity index (χ1n) is 5.07. The molecular weight excluding hydrogens is 134 g/mol. The Bertz CT molecular complexity index is 127. The van der Waals surface area contributed by atoms with Crippen molar-refractivity contribution in [1.82, 2.24) is 5.32 Å². The number of nitrogens with one attached hydrogen (secondary N) is 1. The molecule has 1 heterocycles. The van der Waals surface area contributed by atoms with E-state index in [0.29, 0.717) is 0 Å². The lowest BCUT2D eigenvalue weighted by Gasteiger charge is -2.22. The molecule has 0 spiro atoms. The van der Waals surface area contributed by atoms with Crippen LogP contribution in [-0.2, 0) is 0 Å². The molecule has 11 heavy (non-hydrogen) atoms. The van der Waals surface area contributed by atoms with E-state index in [1.165, 1.54) is 38.8 Å². The molecule has 3 atom stereocenters. The Morgan fingerprint density at radius 2 is 2.27 bits per heavy atom. The maximum Gasteiger partial charge on any atom is -0.00204 e. The zero-order valence-corrected chi connectivity index (χ0v) is 7.47. The Balaban J connectivity index is 1.68. The molecule has 2 rings (SSSR count). The molecule has 3 unspecified atom stereocenters. The third-order valence-corrected chi connectivity index (χ3v) is 3.31. The summed E-state index contributed by atoms with van der Waals surface area (Å²) in [7, 11) is 0. The van der Waals surface area contributed by atoms with Gasteiger partial charge in [-0.05, 0) is 56.5 Å². The van der Waals surface area contributed by atoms with Gasteiger partial charge in [-0.25, -0.2) is 0 Å². The minimum absolute atomic E-state index is 1.01. The summed E-state index contributed by atoms with van der Waals surface area (Å²) < 4.78 is 0. The minimum Gasteiger partial charge on any atom is -0.316 e. The molecule has 1 saturated heterocycles. The molecule has 1 nitrogen and oxygen atoms in total.